The number of hydrogen-bond donors (Lipinski definition) is 1. The highest BCUT2D eigenvalue weighted by Crippen LogP contribution is 2.30. The molecule has 160 valence electrons. The molecule has 0 unspecified atom stereocenters. The number of benzene rings is 1. The third-order valence-electron chi connectivity index (χ3n) is 6.27. The van der Waals surface area contributed by atoms with E-state index in [2.05, 4.69) is 15.2 Å². The Balaban J connectivity index is 1.33. The van der Waals surface area contributed by atoms with Crippen molar-refractivity contribution in [3.8, 4) is 0 Å². The molecule has 8 nitrogen and oxygen atoms in total. The number of hydrogen-bond acceptors (Lipinski definition) is 6. The molecule has 30 heavy (non-hydrogen) atoms. The summed E-state index contributed by atoms with van der Waals surface area (Å²) in [7, 11) is 0. The molecule has 0 atom stereocenters. The summed E-state index contributed by atoms with van der Waals surface area (Å²) in [5.74, 6) is 0.607. The first-order valence-electron chi connectivity index (χ1n) is 10.8. The number of carbonyl (C=O) groups excluding carboxylic acids is 1. The minimum Gasteiger partial charge on any atom is -0.383 e. The number of nitrogens with zero attached hydrogens (tertiary/aromatic N) is 4. The molecule has 2 aliphatic rings. The highest BCUT2D eigenvalue weighted by molar-refractivity contribution is 5.96. The van der Waals surface area contributed by atoms with E-state index in [4.69, 9.17) is 0 Å². The Hall–Kier alpha value is -2.74. The predicted molar refractivity (Wildman–Crippen MR) is 117 cm³/mol. The fraction of sp³-hybridized carbons (Fsp3) is 0.545. The number of amides is 1. The van der Waals surface area contributed by atoms with Crippen molar-refractivity contribution >= 4 is 28.2 Å². The first kappa shape index (κ1) is 20.5. The number of anilines is 1. The average Bonchev–Trinajstić information content (AvgIpc) is 3.28. The van der Waals surface area contributed by atoms with E-state index in [9.17, 15) is 14.9 Å². The largest absolute Gasteiger partial charge is 0.383 e. The van der Waals surface area contributed by atoms with Crippen LogP contribution in [0.25, 0.3) is 10.9 Å². The van der Waals surface area contributed by atoms with E-state index in [1.807, 2.05) is 24.0 Å². The molecule has 8 heteroatoms. The minimum atomic E-state index is -0.384. The Bertz CT molecular complexity index is 934. The van der Waals surface area contributed by atoms with Gasteiger partial charge in [-0.05, 0) is 25.8 Å². The lowest BCUT2D eigenvalue weighted by Gasteiger charge is -2.36. The van der Waals surface area contributed by atoms with Crippen LogP contribution in [0.2, 0.25) is 0 Å². The summed E-state index contributed by atoms with van der Waals surface area (Å²) in [4.78, 5) is 32.3. The zero-order chi connectivity index (χ0) is 21.1. The molecule has 1 aliphatic carbocycles. The molecule has 2 fully saturated rings. The number of aromatic nitrogens is 1. The number of fused-ring (bicyclic) bond motifs is 1. The van der Waals surface area contributed by atoms with E-state index >= 15 is 0 Å². The van der Waals surface area contributed by atoms with E-state index in [1.165, 1.54) is 18.9 Å². The van der Waals surface area contributed by atoms with Crippen LogP contribution in [0.4, 0.5) is 11.4 Å². The molecule has 4 rings (SSSR count). The van der Waals surface area contributed by atoms with Crippen molar-refractivity contribution in [1.29, 1.82) is 0 Å². The summed E-state index contributed by atoms with van der Waals surface area (Å²) in [6.45, 7) is 6.84. The summed E-state index contributed by atoms with van der Waals surface area (Å²) in [6.07, 6.45) is 4.49. The molecule has 1 saturated carbocycles. The number of nitro benzene ring substituents is 1. The number of nitrogens with one attached hydrogen (secondary N) is 1. The fourth-order valence-electron chi connectivity index (χ4n) is 4.63. The second kappa shape index (κ2) is 8.95. The van der Waals surface area contributed by atoms with Crippen LogP contribution in [-0.4, -0.2) is 64.9 Å². The number of pyridine rings is 1. The van der Waals surface area contributed by atoms with Gasteiger partial charge in [0.15, 0.2) is 5.52 Å². The van der Waals surface area contributed by atoms with Crippen molar-refractivity contribution in [3.63, 3.8) is 0 Å². The zero-order valence-corrected chi connectivity index (χ0v) is 17.5. The number of carbonyl (C=O) groups is 1. The molecule has 0 spiro atoms. The summed E-state index contributed by atoms with van der Waals surface area (Å²) in [6, 6.07) is 6.99. The van der Waals surface area contributed by atoms with E-state index in [1.54, 1.807) is 6.07 Å². The van der Waals surface area contributed by atoms with Crippen LogP contribution in [0.15, 0.2) is 24.3 Å². The smallest absolute Gasteiger partial charge is 0.295 e. The standard InChI is InChI=1S/C22H29N5O3/c1-16-15-19(18-7-4-8-20(27(29)30)21(18)24-16)23-9-10-25-11-13-26(14-12-25)22(28)17-5-2-3-6-17/h4,7-8,15,17H,2-3,5-6,9-14H2,1H3,(H,23,24). The monoisotopic (exact) mass is 411 g/mol. The Morgan fingerprint density at radius 3 is 2.67 bits per heavy atom. The van der Waals surface area contributed by atoms with Crippen LogP contribution < -0.4 is 5.32 Å². The van der Waals surface area contributed by atoms with Crippen LogP contribution >= 0.6 is 0 Å². The SMILES string of the molecule is Cc1cc(NCCN2CCN(C(=O)C3CCCC3)CC2)c2cccc([N+](=O)[O-])c2n1. The van der Waals surface area contributed by atoms with Gasteiger partial charge in [0.25, 0.3) is 5.69 Å². The molecule has 1 saturated heterocycles. The first-order valence-corrected chi connectivity index (χ1v) is 10.8. The molecule has 0 bridgehead atoms. The molecular formula is C22H29N5O3. The summed E-state index contributed by atoms with van der Waals surface area (Å²) >= 11 is 0. The normalized spacial score (nSPS) is 18.1. The predicted octanol–water partition coefficient (Wildman–Crippen LogP) is 3.20. The van der Waals surface area contributed by atoms with Crippen LogP contribution in [0.5, 0.6) is 0 Å². The Morgan fingerprint density at radius 2 is 1.97 bits per heavy atom. The number of para-hydroxylation sites is 1. The maximum atomic E-state index is 12.6. The van der Waals surface area contributed by atoms with Gasteiger partial charge < -0.3 is 10.2 Å². The van der Waals surface area contributed by atoms with Crippen LogP contribution in [-0.2, 0) is 4.79 Å². The summed E-state index contributed by atoms with van der Waals surface area (Å²) in [5, 5.41) is 15.5. The van der Waals surface area contributed by atoms with Crippen LogP contribution in [0.3, 0.4) is 0 Å². The Morgan fingerprint density at radius 1 is 1.23 bits per heavy atom. The van der Waals surface area contributed by atoms with Gasteiger partial charge >= 0.3 is 0 Å². The molecule has 2 heterocycles. The molecule has 1 aromatic carbocycles. The van der Waals surface area contributed by atoms with E-state index in [0.717, 1.165) is 68.9 Å². The number of piperazine rings is 1. The van der Waals surface area contributed by atoms with Gasteiger partial charge in [0.05, 0.1) is 4.92 Å². The van der Waals surface area contributed by atoms with Gasteiger partial charge in [-0.2, -0.15) is 0 Å². The average molecular weight is 412 g/mol. The number of non-ortho nitro benzene ring substituents is 1. The van der Waals surface area contributed by atoms with Crippen molar-refractivity contribution in [2.24, 2.45) is 5.92 Å². The Labute approximate surface area is 176 Å². The maximum Gasteiger partial charge on any atom is 0.295 e. The first-order chi connectivity index (χ1) is 14.5. The molecule has 2 aromatic rings. The van der Waals surface area contributed by atoms with Gasteiger partial charge in [0.1, 0.15) is 0 Å². The van der Waals surface area contributed by atoms with Crippen molar-refractivity contribution in [1.82, 2.24) is 14.8 Å². The lowest BCUT2D eigenvalue weighted by molar-refractivity contribution is -0.383. The molecule has 1 aromatic heterocycles. The summed E-state index contributed by atoms with van der Waals surface area (Å²) in [5.41, 5.74) is 2.07. The molecule has 1 aliphatic heterocycles. The maximum absolute atomic E-state index is 12.6. The Kier molecular flexibility index (Phi) is 6.13. The third-order valence-corrected chi connectivity index (χ3v) is 6.27. The van der Waals surface area contributed by atoms with Gasteiger partial charge in [0.2, 0.25) is 5.91 Å². The number of nitro groups is 1. The highest BCUT2D eigenvalue weighted by Gasteiger charge is 2.29. The molecule has 1 N–H and O–H groups in total. The lowest BCUT2D eigenvalue weighted by Crippen LogP contribution is -2.50. The second-order valence-corrected chi connectivity index (χ2v) is 8.32. The topological polar surface area (TPSA) is 91.6 Å². The molecule has 0 radical (unpaired) electrons. The van der Waals surface area contributed by atoms with E-state index in [0.29, 0.717) is 11.4 Å². The van der Waals surface area contributed by atoms with E-state index in [-0.39, 0.29) is 16.5 Å². The third kappa shape index (κ3) is 4.38. The quantitative estimate of drug-likeness (QED) is 0.580. The van der Waals surface area contributed by atoms with Crippen molar-refractivity contribution in [3.05, 3.63) is 40.1 Å². The minimum absolute atomic E-state index is 0.0299. The van der Waals surface area contributed by atoms with E-state index < -0.39 is 0 Å². The lowest BCUT2D eigenvalue weighted by atomic mass is 10.1. The van der Waals surface area contributed by atoms with Crippen LogP contribution in [0.1, 0.15) is 31.4 Å². The molecule has 1 amide bonds. The highest BCUT2D eigenvalue weighted by atomic mass is 16.6. The van der Waals surface area contributed by atoms with Crippen molar-refractivity contribution in [2.75, 3.05) is 44.6 Å². The van der Waals surface area contributed by atoms with Gasteiger partial charge in [-0.3, -0.25) is 19.8 Å². The summed E-state index contributed by atoms with van der Waals surface area (Å²) < 4.78 is 0. The number of aryl methyl sites for hydroxylation is 1. The van der Waals surface area contributed by atoms with Gasteiger partial charge in [0, 0.05) is 68.0 Å². The van der Waals surface area contributed by atoms with Crippen molar-refractivity contribution < 1.29 is 9.72 Å². The van der Waals surface area contributed by atoms with Gasteiger partial charge in [-0.15, -0.1) is 0 Å². The van der Waals surface area contributed by atoms with Gasteiger partial charge in [-0.1, -0.05) is 25.0 Å². The second-order valence-electron chi connectivity index (χ2n) is 8.32. The molecular weight excluding hydrogens is 382 g/mol. The zero-order valence-electron chi connectivity index (χ0n) is 17.5. The van der Waals surface area contributed by atoms with Crippen LogP contribution in [0, 0.1) is 23.0 Å². The van der Waals surface area contributed by atoms with Crippen molar-refractivity contribution in [2.45, 2.75) is 32.6 Å². The fourth-order valence-corrected chi connectivity index (χ4v) is 4.63. The van der Waals surface area contributed by atoms with Gasteiger partial charge in [-0.25, -0.2) is 4.98 Å². The number of rotatable bonds is 6.